The molecule has 3 heteroatoms. The number of rotatable bonds is 3. The van der Waals surface area contributed by atoms with Gasteiger partial charge in [0.15, 0.2) is 5.78 Å². The average molecular weight is 249 g/mol. The standard InChI is InChI=1S/C14H19NOS/c1-10-3-4-12(7-11(10)2)8-14(16)13-9-17-6-5-15-13/h3-4,7,13,15H,5-6,8-9H2,1-2H3. The third kappa shape index (κ3) is 3.33. The quantitative estimate of drug-likeness (QED) is 0.889. The zero-order chi connectivity index (χ0) is 12.3. The van der Waals surface area contributed by atoms with Crippen molar-refractivity contribution in [2.24, 2.45) is 0 Å². The maximum Gasteiger partial charge on any atom is 0.154 e. The van der Waals surface area contributed by atoms with Gasteiger partial charge in [-0.1, -0.05) is 18.2 Å². The van der Waals surface area contributed by atoms with E-state index in [0.29, 0.717) is 12.2 Å². The van der Waals surface area contributed by atoms with Crippen LogP contribution in [0.5, 0.6) is 0 Å². The van der Waals surface area contributed by atoms with Gasteiger partial charge < -0.3 is 5.32 Å². The van der Waals surface area contributed by atoms with Gasteiger partial charge in [0.1, 0.15) is 0 Å². The highest BCUT2D eigenvalue weighted by molar-refractivity contribution is 7.99. The molecule has 1 N–H and O–H groups in total. The fraction of sp³-hybridized carbons (Fsp3) is 0.500. The molecular formula is C14H19NOS. The van der Waals surface area contributed by atoms with Crippen LogP contribution in [0, 0.1) is 13.8 Å². The van der Waals surface area contributed by atoms with E-state index in [0.717, 1.165) is 23.6 Å². The summed E-state index contributed by atoms with van der Waals surface area (Å²) in [7, 11) is 0. The monoisotopic (exact) mass is 249 g/mol. The van der Waals surface area contributed by atoms with E-state index in [2.05, 4.69) is 37.4 Å². The molecule has 0 aromatic heterocycles. The van der Waals surface area contributed by atoms with Crippen molar-refractivity contribution in [2.45, 2.75) is 26.3 Å². The van der Waals surface area contributed by atoms with Crippen LogP contribution in [0.15, 0.2) is 18.2 Å². The lowest BCUT2D eigenvalue weighted by Crippen LogP contribution is -2.44. The lowest BCUT2D eigenvalue weighted by molar-refractivity contribution is -0.119. The van der Waals surface area contributed by atoms with Crippen LogP contribution in [-0.2, 0) is 11.2 Å². The second-order valence-corrected chi connectivity index (χ2v) is 5.79. The van der Waals surface area contributed by atoms with Crippen molar-refractivity contribution in [1.82, 2.24) is 5.32 Å². The van der Waals surface area contributed by atoms with E-state index in [1.54, 1.807) is 0 Å². The second-order valence-electron chi connectivity index (χ2n) is 4.64. The lowest BCUT2D eigenvalue weighted by atomic mass is 10.0. The fourth-order valence-electron chi connectivity index (χ4n) is 2.01. The molecule has 1 atom stereocenters. The first-order valence-corrected chi connectivity index (χ1v) is 7.22. The summed E-state index contributed by atoms with van der Waals surface area (Å²) in [6.07, 6.45) is 0.555. The van der Waals surface area contributed by atoms with Crippen molar-refractivity contribution >= 4 is 17.5 Å². The largest absolute Gasteiger partial charge is 0.306 e. The molecule has 0 spiro atoms. The maximum atomic E-state index is 12.1. The van der Waals surface area contributed by atoms with Crippen LogP contribution in [0.3, 0.4) is 0 Å². The predicted molar refractivity (Wildman–Crippen MR) is 73.7 cm³/mol. The summed E-state index contributed by atoms with van der Waals surface area (Å²) in [5.41, 5.74) is 3.68. The van der Waals surface area contributed by atoms with E-state index >= 15 is 0 Å². The minimum absolute atomic E-state index is 0.0513. The smallest absolute Gasteiger partial charge is 0.154 e. The van der Waals surface area contributed by atoms with Crippen molar-refractivity contribution in [1.29, 1.82) is 0 Å². The molecule has 17 heavy (non-hydrogen) atoms. The number of Topliss-reactive ketones (excluding diaryl/α,β-unsaturated/α-hetero) is 1. The van der Waals surface area contributed by atoms with Gasteiger partial charge in [0.2, 0.25) is 0 Å². The van der Waals surface area contributed by atoms with Crippen LogP contribution in [0.25, 0.3) is 0 Å². The van der Waals surface area contributed by atoms with Crippen LogP contribution < -0.4 is 5.32 Å². The second kappa shape index (κ2) is 5.69. The van der Waals surface area contributed by atoms with Gasteiger partial charge in [-0.05, 0) is 30.5 Å². The maximum absolute atomic E-state index is 12.1. The van der Waals surface area contributed by atoms with E-state index in [4.69, 9.17) is 0 Å². The summed E-state index contributed by atoms with van der Waals surface area (Å²) >= 11 is 1.86. The number of aryl methyl sites for hydroxylation is 2. The van der Waals surface area contributed by atoms with Gasteiger partial charge in [0, 0.05) is 24.5 Å². The molecule has 1 aliphatic rings. The highest BCUT2D eigenvalue weighted by atomic mass is 32.2. The Balaban J connectivity index is 1.99. The molecule has 0 saturated carbocycles. The zero-order valence-corrected chi connectivity index (χ0v) is 11.3. The van der Waals surface area contributed by atoms with Crippen molar-refractivity contribution in [3.05, 3.63) is 34.9 Å². The van der Waals surface area contributed by atoms with Gasteiger partial charge in [-0.15, -0.1) is 0 Å². The molecule has 1 aliphatic heterocycles. The minimum atomic E-state index is 0.0513. The Morgan fingerprint density at radius 3 is 2.88 bits per heavy atom. The van der Waals surface area contributed by atoms with Gasteiger partial charge in [-0.3, -0.25) is 4.79 Å². The Bertz CT molecular complexity index is 411. The summed E-state index contributed by atoms with van der Waals surface area (Å²) in [6.45, 7) is 5.15. The Morgan fingerprint density at radius 2 is 2.24 bits per heavy atom. The molecule has 0 aliphatic carbocycles. The lowest BCUT2D eigenvalue weighted by Gasteiger charge is -2.22. The summed E-state index contributed by atoms with van der Waals surface area (Å²) in [5.74, 6) is 2.36. The number of benzene rings is 1. The van der Waals surface area contributed by atoms with Crippen LogP contribution in [0.2, 0.25) is 0 Å². The van der Waals surface area contributed by atoms with E-state index in [-0.39, 0.29) is 6.04 Å². The van der Waals surface area contributed by atoms with Crippen LogP contribution in [-0.4, -0.2) is 29.9 Å². The molecule has 1 fully saturated rings. The summed E-state index contributed by atoms with van der Waals surface area (Å²) in [4.78, 5) is 12.1. The molecule has 1 aromatic carbocycles. The molecule has 1 saturated heterocycles. The molecule has 2 rings (SSSR count). The SMILES string of the molecule is Cc1ccc(CC(=O)C2CSCCN2)cc1C. The third-order valence-corrected chi connectivity index (χ3v) is 4.32. The van der Waals surface area contributed by atoms with Gasteiger partial charge in [0.25, 0.3) is 0 Å². The molecule has 1 heterocycles. The first-order chi connectivity index (χ1) is 8.16. The number of hydrogen-bond donors (Lipinski definition) is 1. The summed E-state index contributed by atoms with van der Waals surface area (Å²) in [5, 5.41) is 3.29. The molecule has 92 valence electrons. The van der Waals surface area contributed by atoms with E-state index in [9.17, 15) is 4.79 Å². The third-order valence-electron chi connectivity index (χ3n) is 3.26. The molecule has 0 amide bonds. The van der Waals surface area contributed by atoms with Crippen molar-refractivity contribution in [3.63, 3.8) is 0 Å². The van der Waals surface area contributed by atoms with Crippen molar-refractivity contribution in [2.75, 3.05) is 18.1 Å². The van der Waals surface area contributed by atoms with Crippen LogP contribution >= 0.6 is 11.8 Å². The number of thioether (sulfide) groups is 1. The molecule has 0 bridgehead atoms. The Labute approximate surface area is 107 Å². The van der Waals surface area contributed by atoms with Gasteiger partial charge >= 0.3 is 0 Å². The van der Waals surface area contributed by atoms with E-state index < -0.39 is 0 Å². The normalized spacial score (nSPS) is 20.2. The highest BCUT2D eigenvalue weighted by Gasteiger charge is 2.20. The number of carbonyl (C=O) groups excluding carboxylic acids is 1. The van der Waals surface area contributed by atoms with Gasteiger partial charge in [0.05, 0.1) is 6.04 Å². The first kappa shape index (κ1) is 12.7. The van der Waals surface area contributed by atoms with Crippen molar-refractivity contribution < 1.29 is 4.79 Å². The van der Waals surface area contributed by atoms with E-state index in [1.807, 2.05) is 11.8 Å². The average Bonchev–Trinajstić information content (AvgIpc) is 2.35. The predicted octanol–water partition coefficient (Wildman–Crippen LogP) is 2.12. The molecule has 1 aromatic rings. The number of ketones is 1. The Hall–Kier alpha value is -0.800. The Morgan fingerprint density at radius 1 is 1.41 bits per heavy atom. The van der Waals surface area contributed by atoms with Gasteiger partial charge in [-0.25, -0.2) is 0 Å². The number of carbonyl (C=O) groups is 1. The van der Waals surface area contributed by atoms with Crippen LogP contribution in [0.4, 0.5) is 0 Å². The summed E-state index contributed by atoms with van der Waals surface area (Å²) < 4.78 is 0. The molecule has 0 radical (unpaired) electrons. The summed E-state index contributed by atoms with van der Waals surface area (Å²) in [6, 6.07) is 6.34. The first-order valence-electron chi connectivity index (χ1n) is 6.07. The zero-order valence-electron chi connectivity index (χ0n) is 10.5. The van der Waals surface area contributed by atoms with E-state index in [1.165, 1.54) is 11.1 Å². The van der Waals surface area contributed by atoms with Crippen LogP contribution in [0.1, 0.15) is 16.7 Å². The van der Waals surface area contributed by atoms with Crippen molar-refractivity contribution in [3.8, 4) is 0 Å². The number of nitrogens with one attached hydrogen (secondary N) is 1. The topological polar surface area (TPSA) is 29.1 Å². The molecule has 2 nitrogen and oxygen atoms in total. The Kier molecular flexibility index (Phi) is 4.24. The molecule has 1 unspecified atom stereocenters. The highest BCUT2D eigenvalue weighted by Crippen LogP contribution is 2.13. The number of hydrogen-bond acceptors (Lipinski definition) is 3. The molecular weight excluding hydrogens is 230 g/mol. The fourth-order valence-corrected chi connectivity index (χ4v) is 2.98. The van der Waals surface area contributed by atoms with Gasteiger partial charge in [-0.2, -0.15) is 11.8 Å². The minimum Gasteiger partial charge on any atom is -0.306 e.